The average Bonchev–Trinajstić information content (AvgIpc) is 2.36. The van der Waals surface area contributed by atoms with E-state index < -0.39 is 0 Å². The molecule has 0 aliphatic carbocycles. The molecule has 4 nitrogen and oxygen atoms in total. The summed E-state index contributed by atoms with van der Waals surface area (Å²) in [5.74, 6) is 0.781. The highest BCUT2D eigenvalue weighted by atomic mass is 16.5. The van der Waals surface area contributed by atoms with Crippen molar-refractivity contribution in [1.82, 2.24) is 0 Å². The smallest absolute Gasteiger partial charge is 0.144 e. The molecule has 0 unspecified atom stereocenters. The Morgan fingerprint density at radius 3 is 2.89 bits per heavy atom. The van der Waals surface area contributed by atoms with Crippen LogP contribution in [-0.2, 0) is 4.74 Å². The standard InChI is InChI=1S/C15H24N2O2/c1-4-9-18-13-7-5-6-12(14(13)16)17-8-10-19-15(2,3)11-17/h5-7H,4,8-11,16H2,1-3H3. The minimum atomic E-state index is -0.134. The summed E-state index contributed by atoms with van der Waals surface area (Å²) in [4.78, 5) is 2.28. The molecular weight excluding hydrogens is 240 g/mol. The molecule has 106 valence electrons. The van der Waals surface area contributed by atoms with Gasteiger partial charge in [0.25, 0.3) is 0 Å². The van der Waals surface area contributed by atoms with Crippen molar-refractivity contribution in [3.63, 3.8) is 0 Å². The molecule has 1 aromatic rings. The van der Waals surface area contributed by atoms with E-state index in [-0.39, 0.29) is 5.60 Å². The number of nitrogens with two attached hydrogens (primary N) is 1. The van der Waals surface area contributed by atoms with Crippen molar-refractivity contribution >= 4 is 11.4 Å². The molecule has 2 N–H and O–H groups in total. The maximum atomic E-state index is 6.24. The summed E-state index contributed by atoms with van der Waals surface area (Å²) in [6.07, 6.45) is 0.980. The maximum Gasteiger partial charge on any atom is 0.144 e. The zero-order valence-corrected chi connectivity index (χ0v) is 12.1. The Bertz CT molecular complexity index is 432. The molecule has 4 heteroatoms. The van der Waals surface area contributed by atoms with Crippen LogP contribution in [0.4, 0.5) is 11.4 Å². The number of anilines is 2. The molecule has 0 saturated carbocycles. The van der Waals surface area contributed by atoms with E-state index in [4.69, 9.17) is 15.2 Å². The number of hydrogen-bond acceptors (Lipinski definition) is 4. The van der Waals surface area contributed by atoms with Gasteiger partial charge in [-0.15, -0.1) is 0 Å². The van der Waals surface area contributed by atoms with Gasteiger partial charge in [-0.25, -0.2) is 0 Å². The van der Waals surface area contributed by atoms with Crippen molar-refractivity contribution in [3.05, 3.63) is 18.2 Å². The van der Waals surface area contributed by atoms with E-state index in [1.807, 2.05) is 12.1 Å². The van der Waals surface area contributed by atoms with Crippen LogP contribution in [0.1, 0.15) is 27.2 Å². The van der Waals surface area contributed by atoms with E-state index in [1.54, 1.807) is 0 Å². The fraction of sp³-hybridized carbons (Fsp3) is 0.600. The normalized spacial score (nSPS) is 18.4. The summed E-state index contributed by atoms with van der Waals surface area (Å²) in [5, 5.41) is 0. The van der Waals surface area contributed by atoms with Crippen LogP contribution in [0.25, 0.3) is 0 Å². The van der Waals surface area contributed by atoms with Gasteiger partial charge in [0.1, 0.15) is 5.75 Å². The fourth-order valence-electron chi connectivity index (χ4n) is 2.37. The van der Waals surface area contributed by atoms with Gasteiger partial charge >= 0.3 is 0 Å². The molecule has 0 radical (unpaired) electrons. The van der Waals surface area contributed by atoms with Crippen LogP contribution >= 0.6 is 0 Å². The molecule has 1 aliphatic heterocycles. The molecule has 1 fully saturated rings. The van der Waals surface area contributed by atoms with Gasteiger partial charge in [0, 0.05) is 13.1 Å². The molecule has 1 saturated heterocycles. The molecule has 1 heterocycles. The van der Waals surface area contributed by atoms with Crippen LogP contribution in [-0.4, -0.2) is 31.9 Å². The lowest BCUT2D eigenvalue weighted by atomic mass is 10.1. The average molecular weight is 264 g/mol. The lowest BCUT2D eigenvalue weighted by Gasteiger charge is -2.40. The molecule has 0 bridgehead atoms. The first-order valence-corrected chi connectivity index (χ1v) is 6.94. The quantitative estimate of drug-likeness (QED) is 0.849. The van der Waals surface area contributed by atoms with E-state index in [0.29, 0.717) is 6.61 Å². The molecule has 1 aliphatic rings. The van der Waals surface area contributed by atoms with Gasteiger partial charge in [-0.1, -0.05) is 13.0 Å². The third-order valence-electron chi connectivity index (χ3n) is 3.27. The number of benzene rings is 1. The molecule has 0 amide bonds. The SMILES string of the molecule is CCCOc1cccc(N2CCOC(C)(C)C2)c1N. The number of nitrogen functional groups attached to an aromatic ring is 1. The van der Waals surface area contributed by atoms with Crippen LogP contribution in [0.2, 0.25) is 0 Å². The molecule has 1 aromatic carbocycles. The lowest BCUT2D eigenvalue weighted by Crippen LogP contribution is -2.48. The second-order valence-electron chi connectivity index (χ2n) is 5.57. The predicted octanol–water partition coefficient (Wildman–Crippen LogP) is 2.67. The Labute approximate surface area is 115 Å². The minimum absolute atomic E-state index is 0.134. The number of hydrogen-bond donors (Lipinski definition) is 1. The van der Waals surface area contributed by atoms with Crippen molar-refractivity contribution in [3.8, 4) is 5.75 Å². The summed E-state index contributed by atoms with van der Waals surface area (Å²) < 4.78 is 11.4. The topological polar surface area (TPSA) is 47.7 Å². The van der Waals surface area contributed by atoms with Gasteiger partial charge in [-0.3, -0.25) is 0 Å². The van der Waals surface area contributed by atoms with Crippen LogP contribution < -0.4 is 15.4 Å². The highest BCUT2D eigenvalue weighted by Crippen LogP contribution is 2.34. The summed E-state index contributed by atoms with van der Waals surface area (Å²) in [7, 11) is 0. The van der Waals surface area contributed by atoms with E-state index in [1.165, 1.54) is 0 Å². The summed E-state index contributed by atoms with van der Waals surface area (Å²) >= 11 is 0. The van der Waals surface area contributed by atoms with Crippen molar-refractivity contribution < 1.29 is 9.47 Å². The second-order valence-corrected chi connectivity index (χ2v) is 5.57. The number of ether oxygens (including phenoxy) is 2. The Kier molecular flexibility index (Phi) is 4.20. The summed E-state index contributed by atoms with van der Waals surface area (Å²) in [6.45, 7) is 9.43. The number of rotatable bonds is 4. The highest BCUT2D eigenvalue weighted by molar-refractivity contribution is 5.74. The van der Waals surface area contributed by atoms with E-state index >= 15 is 0 Å². The van der Waals surface area contributed by atoms with Gasteiger partial charge in [-0.2, -0.15) is 0 Å². The van der Waals surface area contributed by atoms with Crippen molar-refractivity contribution in [2.75, 3.05) is 36.9 Å². The van der Waals surface area contributed by atoms with Gasteiger partial charge < -0.3 is 20.1 Å². The Hall–Kier alpha value is -1.42. The highest BCUT2D eigenvalue weighted by Gasteiger charge is 2.28. The van der Waals surface area contributed by atoms with Gasteiger partial charge in [0.2, 0.25) is 0 Å². The van der Waals surface area contributed by atoms with Crippen LogP contribution in [0.5, 0.6) is 5.75 Å². The predicted molar refractivity (Wildman–Crippen MR) is 78.9 cm³/mol. The first-order chi connectivity index (χ1) is 9.03. The number of morpholine rings is 1. The largest absolute Gasteiger partial charge is 0.491 e. The zero-order chi connectivity index (χ0) is 13.9. The van der Waals surface area contributed by atoms with E-state index in [9.17, 15) is 0 Å². The molecular formula is C15H24N2O2. The minimum Gasteiger partial charge on any atom is -0.491 e. The Balaban J connectivity index is 2.19. The maximum absolute atomic E-state index is 6.24. The molecule has 2 rings (SSSR count). The molecule has 19 heavy (non-hydrogen) atoms. The zero-order valence-electron chi connectivity index (χ0n) is 12.1. The number of nitrogens with zero attached hydrogens (tertiary/aromatic N) is 1. The van der Waals surface area contributed by atoms with Crippen molar-refractivity contribution in [2.45, 2.75) is 32.8 Å². The van der Waals surface area contributed by atoms with E-state index in [2.05, 4.69) is 31.7 Å². The van der Waals surface area contributed by atoms with Gasteiger partial charge in [0.15, 0.2) is 0 Å². The Morgan fingerprint density at radius 2 is 2.21 bits per heavy atom. The van der Waals surface area contributed by atoms with Gasteiger partial charge in [0.05, 0.1) is 30.2 Å². The third kappa shape index (κ3) is 3.32. The summed E-state index contributed by atoms with van der Waals surface area (Å²) in [5.41, 5.74) is 7.88. The van der Waals surface area contributed by atoms with Crippen LogP contribution in [0.15, 0.2) is 18.2 Å². The Morgan fingerprint density at radius 1 is 1.42 bits per heavy atom. The van der Waals surface area contributed by atoms with E-state index in [0.717, 1.165) is 43.2 Å². The number of para-hydroxylation sites is 1. The first kappa shape index (κ1) is 14.0. The van der Waals surface area contributed by atoms with Crippen molar-refractivity contribution in [1.29, 1.82) is 0 Å². The lowest BCUT2D eigenvalue weighted by molar-refractivity contribution is -0.0276. The summed E-state index contributed by atoms with van der Waals surface area (Å²) in [6, 6.07) is 5.98. The fourth-order valence-corrected chi connectivity index (χ4v) is 2.37. The third-order valence-corrected chi connectivity index (χ3v) is 3.27. The first-order valence-electron chi connectivity index (χ1n) is 6.94. The molecule has 0 atom stereocenters. The second kappa shape index (κ2) is 5.70. The molecule has 0 aromatic heterocycles. The molecule has 0 spiro atoms. The van der Waals surface area contributed by atoms with Gasteiger partial charge in [-0.05, 0) is 32.4 Å². The van der Waals surface area contributed by atoms with Crippen LogP contribution in [0, 0.1) is 0 Å². The monoisotopic (exact) mass is 264 g/mol. The van der Waals surface area contributed by atoms with Crippen molar-refractivity contribution in [2.24, 2.45) is 0 Å². The van der Waals surface area contributed by atoms with Crippen LogP contribution in [0.3, 0.4) is 0 Å².